The highest BCUT2D eigenvalue weighted by molar-refractivity contribution is 5.84. The molecule has 3 N–H and O–H groups in total. The molecule has 2 unspecified atom stereocenters. The molecule has 0 bridgehead atoms. The standard InChI is InChI=1S/C16H31N3O/c1-12(2)18-16(3,15(17)20)11-19-10-6-9-14(19)13-7-4-5-8-13/h12-14,18H,4-11H2,1-3H3,(H2,17,20). The third kappa shape index (κ3) is 3.53. The van der Waals surface area contributed by atoms with Gasteiger partial charge in [0.1, 0.15) is 5.54 Å². The third-order valence-corrected chi connectivity index (χ3v) is 5.03. The number of likely N-dealkylation sites (tertiary alicyclic amines) is 1. The van der Waals surface area contributed by atoms with E-state index in [0.717, 1.165) is 19.0 Å². The average molecular weight is 281 g/mol. The molecule has 1 saturated heterocycles. The van der Waals surface area contributed by atoms with Crippen molar-refractivity contribution < 1.29 is 4.79 Å². The molecule has 4 heteroatoms. The van der Waals surface area contributed by atoms with E-state index < -0.39 is 5.54 Å². The van der Waals surface area contributed by atoms with E-state index in [1.54, 1.807) is 0 Å². The van der Waals surface area contributed by atoms with E-state index in [-0.39, 0.29) is 11.9 Å². The van der Waals surface area contributed by atoms with Crippen molar-refractivity contribution in [2.24, 2.45) is 11.7 Å². The van der Waals surface area contributed by atoms with Crippen LogP contribution in [-0.4, -0.2) is 41.5 Å². The van der Waals surface area contributed by atoms with Crippen molar-refractivity contribution in [3.05, 3.63) is 0 Å². The van der Waals surface area contributed by atoms with Crippen molar-refractivity contribution in [3.8, 4) is 0 Å². The zero-order valence-electron chi connectivity index (χ0n) is 13.3. The molecule has 1 amide bonds. The topological polar surface area (TPSA) is 58.4 Å². The summed E-state index contributed by atoms with van der Waals surface area (Å²) >= 11 is 0. The Morgan fingerprint density at radius 2 is 1.95 bits per heavy atom. The fourth-order valence-corrected chi connectivity index (χ4v) is 4.16. The maximum absolute atomic E-state index is 11.9. The molecular formula is C16H31N3O. The molecule has 0 radical (unpaired) electrons. The monoisotopic (exact) mass is 281 g/mol. The summed E-state index contributed by atoms with van der Waals surface area (Å²) in [6, 6.07) is 0.935. The van der Waals surface area contributed by atoms with E-state index in [0.29, 0.717) is 6.04 Å². The Morgan fingerprint density at radius 1 is 1.30 bits per heavy atom. The summed E-state index contributed by atoms with van der Waals surface area (Å²) in [7, 11) is 0. The summed E-state index contributed by atoms with van der Waals surface area (Å²) < 4.78 is 0. The Bertz CT molecular complexity index is 339. The Labute approximate surface area is 123 Å². The number of primary amides is 1. The molecule has 20 heavy (non-hydrogen) atoms. The average Bonchev–Trinajstić information content (AvgIpc) is 2.96. The summed E-state index contributed by atoms with van der Waals surface area (Å²) in [5, 5.41) is 3.38. The highest BCUT2D eigenvalue weighted by Crippen LogP contribution is 2.35. The van der Waals surface area contributed by atoms with Gasteiger partial charge < -0.3 is 11.1 Å². The first-order valence-electron chi connectivity index (χ1n) is 8.24. The van der Waals surface area contributed by atoms with Gasteiger partial charge >= 0.3 is 0 Å². The van der Waals surface area contributed by atoms with Crippen LogP contribution in [0.2, 0.25) is 0 Å². The minimum atomic E-state index is -0.616. The Morgan fingerprint density at radius 3 is 2.50 bits per heavy atom. The molecular weight excluding hydrogens is 250 g/mol. The summed E-state index contributed by atoms with van der Waals surface area (Å²) in [5.41, 5.74) is 5.05. The molecule has 0 spiro atoms. The highest BCUT2D eigenvalue weighted by Gasteiger charge is 2.40. The number of carbonyl (C=O) groups excluding carboxylic acids is 1. The van der Waals surface area contributed by atoms with E-state index >= 15 is 0 Å². The maximum atomic E-state index is 11.9. The smallest absolute Gasteiger partial charge is 0.238 e. The SMILES string of the molecule is CC(C)NC(C)(CN1CCCC1C1CCCC1)C(N)=O. The first-order chi connectivity index (χ1) is 9.42. The Hall–Kier alpha value is -0.610. The molecule has 2 aliphatic rings. The van der Waals surface area contributed by atoms with Crippen molar-refractivity contribution in [3.63, 3.8) is 0 Å². The van der Waals surface area contributed by atoms with Crippen molar-refractivity contribution >= 4 is 5.91 Å². The van der Waals surface area contributed by atoms with Crippen LogP contribution in [0.15, 0.2) is 0 Å². The number of rotatable bonds is 6. The Balaban J connectivity index is 2.03. The molecule has 0 aromatic heterocycles. The van der Waals surface area contributed by atoms with Gasteiger partial charge in [-0.05, 0) is 58.9 Å². The number of nitrogens with two attached hydrogens (primary N) is 1. The van der Waals surface area contributed by atoms with Gasteiger partial charge in [-0.1, -0.05) is 12.8 Å². The highest BCUT2D eigenvalue weighted by atomic mass is 16.1. The Kier molecular flexibility index (Phi) is 5.08. The summed E-state index contributed by atoms with van der Waals surface area (Å²) in [4.78, 5) is 14.4. The number of amides is 1. The molecule has 0 aromatic carbocycles. The molecule has 2 fully saturated rings. The van der Waals surface area contributed by atoms with Crippen LogP contribution in [0.5, 0.6) is 0 Å². The van der Waals surface area contributed by atoms with Crippen LogP contribution in [0.25, 0.3) is 0 Å². The predicted octanol–water partition coefficient (Wildman–Crippen LogP) is 1.88. The second kappa shape index (κ2) is 6.44. The summed E-state index contributed by atoms with van der Waals surface area (Å²) in [5.74, 6) is 0.608. The molecule has 1 saturated carbocycles. The third-order valence-electron chi connectivity index (χ3n) is 5.03. The predicted molar refractivity (Wildman–Crippen MR) is 82.4 cm³/mol. The zero-order valence-corrected chi connectivity index (χ0v) is 13.3. The largest absolute Gasteiger partial charge is 0.368 e. The second-order valence-corrected chi connectivity index (χ2v) is 7.22. The molecule has 116 valence electrons. The molecule has 4 nitrogen and oxygen atoms in total. The summed E-state index contributed by atoms with van der Waals surface area (Å²) in [6.45, 7) is 7.96. The number of hydrogen-bond acceptors (Lipinski definition) is 3. The van der Waals surface area contributed by atoms with Crippen molar-refractivity contribution in [2.75, 3.05) is 13.1 Å². The number of nitrogens with zero attached hydrogens (tertiary/aromatic N) is 1. The van der Waals surface area contributed by atoms with E-state index in [1.165, 1.54) is 38.5 Å². The zero-order chi connectivity index (χ0) is 14.8. The first kappa shape index (κ1) is 15.8. The van der Waals surface area contributed by atoms with Gasteiger partial charge in [-0.25, -0.2) is 0 Å². The van der Waals surface area contributed by atoms with Gasteiger partial charge in [0.15, 0.2) is 0 Å². The van der Waals surface area contributed by atoms with E-state index in [9.17, 15) is 4.79 Å². The molecule has 1 aliphatic heterocycles. The van der Waals surface area contributed by atoms with Gasteiger partial charge in [-0.3, -0.25) is 9.69 Å². The van der Waals surface area contributed by atoms with Crippen LogP contribution in [0.3, 0.4) is 0 Å². The van der Waals surface area contributed by atoms with E-state index in [2.05, 4.69) is 24.1 Å². The molecule has 1 aliphatic carbocycles. The summed E-state index contributed by atoms with van der Waals surface area (Å²) in [6.07, 6.45) is 8.05. The van der Waals surface area contributed by atoms with Crippen LogP contribution in [0.4, 0.5) is 0 Å². The molecule has 2 rings (SSSR count). The minimum Gasteiger partial charge on any atom is -0.368 e. The van der Waals surface area contributed by atoms with Crippen LogP contribution in [-0.2, 0) is 4.79 Å². The lowest BCUT2D eigenvalue weighted by Crippen LogP contribution is -2.62. The van der Waals surface area contributed by atoms with Gasteiger partial charge in [-0.15, -0.1) is 0 Å². The van der Waals surface area contributed by atoms with Crippen molar-refractivity contribution in [1.82, 2.24) is 10.2 Å². The quantitative estimate of drug-likeness (QED) is 0.781. The van der Waals surface area contributed by atoms with Gasteiger partial charge in [0, 0.05) is 18.6 Å². The maximum Gasteiger partial charge on any atom is 0.238 e. The number of hydrogen-bond donors (Lipinski definition) is 2. The number of nitrogens with one attached hydrogen (secondary N) is 1. The molecule has 2 atom stereocenters. The van der Waals surface area contributed by atoms with Crippen molar-refractivity contribution in [1.29, 1.82) is 0 Å². The van der Waals surface area contributed by atoms with Crippen LogP contribution >= 0.6 is 0 Å². The van der Waals surface area contributed by atoms with Crippen molar-refractivity contribution in [2.45, 2.75) is 76.9 Å². The first-order valence-corrected chi connectivity index (χ1v) is 8.24. The lowest BCUT2D eigenvalue weighted by molar-refractivity contribution is -0.125. The fourth-order valence-electron chi connectivity index (χ4n) is 4.16. The molecule has 0 aromatic rings. The van der Waals surface area contributed by atoms with Gasteiger partial charge in [-0.2, -0.15) is 0 Å². The van der Waals surface area contributed by atoms with E-state index in [1.807, 2.05) is 6.92 Å². The van der Waals surface area contributed by atoms with Gasteiger partial charge in [0.05, 0.1) is 0 Å². The van der Waals surface area contributed by atoms with E-state index in [4.69, 9.17) is 5.73 Å². The van der Waals surface area contributed by atoms with Gasteiger partial charge in [0.25, 0.3) is 0 Å². The normalized spacial score (nSPS) is 28.1. The van der Waals surface area contributed by atoms with Crippen LogP contribution in [0.1, 0.15) is 59.3 Å². The minimum absolute atomic E-state index is 0.233. The second-order valence-electron chi connectivity index (χ2n) is 7.22. The van der Waals surface area contributed by atoms with Crippen LogP contribution in [0, 0.1) is 5.92 Å². The van der Waals surface area contributed by atoms with Gasteiger partial charge in [0.2, 0.25) is 5.91 Å². The fraction of sp³-hybridized carbons (Fsp3) is 0.938. The lowest BCUT2D eigenvalue weighted by atomic mass is 9.93. The molecule has 1 heterocycles. The number of carbonyl (C=O) groups is 1. The van der Waals surface area contributed by atoms with Crippen LogP contribution < -0.4 is 11.1 Å². The lowest BCUT2D eigenvalue weighted by Gasteiger charge is -2.38.